The van der Waals surface area contributed by atoms with E-state index >= 15 is 0 Å². The van der Waals surface area contributed by atoms with Gasteiger partial charge in [-0.3, -0.25) is 14.7 Å². The van der Waals surface area contributed by atoms with Gasteiger partial charge in [0.15, 0.2) is 17.5 Å². The molecule has 0 aliphatic carbocycles. The Bertz CT molecular complexity index is 1390. The number of anilines is 2. The first-order chi connectivity index (χ1) is 18.6. The molecule has 0 radical (unpaired) electrons. The van der Waals surface area contributed by atoms with E-state index < -0.39 is 11.6 Å². The fraction of sp³-hybridized carbons (Fsp3) is 0.310. The monoisotopic (exact) mass is 516 g/mol. The zero-order chi connectivity index (χ0) is 26.3. The first-order valence-corrected chi connectivity index (χ1v) is 12.9. The summed E-state index contributed by atoms with van der Waals surface area (Å²) in [6.45, 7) is 2.96. The Balaban J connectivity index is 1.16. The van der Waals surface area contributed by atoms with Gasteiger partial charge in [-0.1, -0.05) is 24.3 Å². The summed E-state index contributed by atoms with van der Waals surface area (Å²) in [7, 11) is 0. The number of unbranched alkanes of at least 4 members (excludes halogenated alkanes) is 1. The Labute approximate surface area is 220 Å². The zero-order valence-electron chi connectivity index (χ0n) is 21.1. The van der Waals surface area contributed by atoms with Gasteiger partial charge >= 0.3 is 0 Å². The van der Waals surface area contributed by atoms with E-state index in [0.29, 0.717) is 26.2 Å². The first-order valence-electron chi connectivity index (χ1n) is 12.9. The topological polar surface area (TPSA) is 74.2 Å². The van der Waals surface area contributed by atoms with Crippen molar-refractivity contribution >= 4 is 28.2 Å². The molecule has 0 atom stereocenters. The lowest BCUT2D eigenvalue weighted by atomic mass is 10.0. The van der Waals surface area contributed by atoms with Crippen LogP contribution >= 0.6 is 0 Å². The number of nitrogens with one attached hydrogen (secondary N) is 1. The van der Waals surface area contributed by atoms with Gasteiger partial charge in [0.2, 0.25) is 5.91 Å². The minimum atomic E-state index is -0.985. The van der Waals surface area contributed by atoms with Crippen molar-refractivity contribution in [2.45, 2.75) is 25.7 Å². The van der Waals surface area contributed by atoms with E-state index in [4.69, 9.17) is 0 Å². The summed E-state index contributed by atoms with van der Waals surface area (Å²) in [6, 6.07) is 15.7. The van der Waals surface area contributed by atoms with Crippen molar-refractivity contribution in [2.75, 3.05) is 42.9 Å². The van der Waals surface area contributed by atoms with Gasteiger partial charge in [-0.25, -0.2) is 8.78 Å². The van der Waals surface area contributed by atoms with Crippen molar-refractivity contribution < 1.29 is 13.6 Å². The SMILES string of the molecule is O=C(CN1CCN(c2nnc(CCCCc3ccncc3)c3ccccc23)CC1)Nc1ccc(F)c(F)c1. The number of rotatable bonds is 9. The fourth-order valence-electron chi connectivity index (χ4n) is 4.83. The van der Waals surface area contributed by atoms with Gasteiger partial charge in [0.25, 0.3) is 0 Å². The molecule has 1 N–H and O–H groups in total. The number of pyridine rings is 1. The molecule has 1 fully saturated rings. The molecule has 0 unspecified atom stereocenters. The molecule has 0 bridgehead atoms. The number of benzene rings is 2. The van der Waals surface area contributed by atoms with E-state index in [1.54, 1.807) is 0 Å². The summed E-state index contributed by atoms with van der Waals surface area (Å²) < 4.78 is 26.5. The first kappa shape index (κ1) is 25.7. The van der Waals surface area contributed by atoms with Crippen LogP contribution in [0.5, 0.6) is 0 Å². The van der Waals surface area contributed by atoms with Crippen LogP contribution in [-0.2, 0) is 17.6 Å². The number of nitrogens with zero attached hydrogens (tertiary/aromatic N) is 5. The average molecular weight is 517 g/mol. The van der Waals surface area contributed by atoms with Gasteiger partial charge in [0, 0.05) is 61.1 Å². The Hall–Kier alpha value is -3.98. The third kappa shape index (κ3) is 6.28. The van der Waals surface area contributed by atoms with E-state index in [2.05, 4.69) is 49.7 Å². The molecule has 1 saturated heterocycles. The van der Waals surface area contributed by atoms with Crippen molar-refractivity contribution in [3.05, 3.63) is 89.9 Å². The highest BCUT2D eigenvalue weighted by molar-refractivity contribution is 5.94. The van der Waals surface area contributed by atoms with Crippen LogP contribution in [0, 0.1) is 11.6 Å². The molecule has 5 rings (SSSR count). The summed E-state index contributed by atoms with van der Waals surface area (Å²) in [5, 5.41) is 14.1. The summed E-state index contributed by atoms with van der Waals surface area (Å²) in [6.07, 6.45) is 7.67. The second-order valence-corrected chi connectivity index (χ2v) is 9.52. The van der Waals surface area contributed by atoms with Crippen molar-refractivity contribution in [1.82, 2.24) is 20.1 Å². The van der Waals surface area contributed by atoms with Crippen molar-refractivity contribution in [2.24, 2.45) is 0 Å². The molecule has 38 heavy (non-hydrogen) atoms. The van der Waals surface area contributed by atoms with Gasteiger partial charge in [-0.05, 0) is 55.5 Å². The maximum absolute atomic E-state index is 13.4. The van der Waals surface area contributed by atoms with Crippen molar-refractivity contribution in [1.29, 1.82) is 0 Å². The van der Waals surface area contributed by atoms with E-state index in [9.17, 15) is 13.6 Å². The highest BCUT2D eigenvalue weighted by atomic mass is 19.2. The Morgan fingerprint density at radius 2 is 1.58 bits per heavy atom. The Morgan fingerprint density at radius 3 is 2.34 bits per heavy atom. The molecule has 9 heteroatoms. The molecule has 7 nitrogen and oxygen atoms in total. The summed E-state index contributed by atoms with van der Waals surface area (Å²) in [5.74, 6) is -1.32. The van der Waals surface area contributed by atoms with E-state index in [1.807, 2.05) is 29.4 Å². The van der Waals surface area contributed by atoms with Gasteiger partial charge < -0.3 is 10.2 Å². The summed E-state index contributed by atoms with van der Waals surface area (Å²) in [5.41, 5.74) is 2.56. The molecule has 2 aromatic carbocycles. The van der Waals surface area contributed by atoms with E-state index in [0.717, 1.165) is 60.1 Å². The molecule has 1 amide bonds. The number of hydrogen-bond donors (Lipinski definition) is 1. The van der Waals surface area contributed by atoms with E-state index in [1.165, 1.54) is 11.6 Å². The predicted octanol–water partition coefficient (Wildman–Crippen LogP) is 4.63. The second-order valence-electron chi connectivity index (χ2n) is 9.52. The lowest BCUT2D eigenvalue weighted by molar-refractivity contribution is -0.117. The predicted molar refractivity (Wildman–Crippen MR) is 144 cm³/mol. The number of halogens is 2. The molecule has 1 aliphatic rings. The maximum Gasteiger partial charge on any atom is 0.238 e. The van der Waals surface area contributed by atoms with Crippen LogP contribution < -0.4 is 10.2 Å². The van der Waals surface area contributed by atoms with Crippen LogP contribution in [0.4, 0.5) is 20.3 Å². The molecular weight excluding hydrogens is 486 g/mol. The number of piperazine rings is 1. The zero-order valence-corrected chi connectivity index (χ0v) is 21.1. The van der Waals surface area contributed by atoms with Gasteiger partial charge in [-0.15, -0.1) is 5.10 Å². The quantitative estimate of drug-likeness (QED) is 0.327. The molecule has 2 aromatic heterocycles. The van der Waals surface area contributed by atoms with Gasteiger partial charge in [-0.2, -0.15) is 5.10 Å². The fourth-order valence-corrected chi connectivity index (χ4v) is 4.83. The highest BCUT2D eigenvalue weighted by Crippen LogP contribution is 2.27. The van der Waals surface area contributed by atoms with Crippen LogP contribution in [0.25, 0.3) is 10.8 Å². The molecular formula is C29H30F2N6O. The molecule has 0 spiro atoms. The lowest BCUT2D eigenvalue weighted by Gasteiger charge is -2.35. The summed E-state index contributed by atoms with van der Waals surface area (Å²) >= 11 is 0. The van der Waals surface area contributed by atoms with Crippen LogP contribution in [0.15, 0.2) is 67.0 Å². The average Bonchev–Trinajstić information content (AvgIpc) is 2.94. The van der Waals surface area contributed by atoms with Gasteiger partial charge in [0.1, 0.15) is 0 Å². The largest absolute Gasteiger partial charge is 0.352 e. The maximum atomic E-state index is 13.4. The minimum Gasteiger partial charge on any atom is -0.352 e. The third-order valence-corrected chi connectivity index (χ3v) is 6.87. The molecule has 0 saturated carbocycles. The Kier molecular flexibility index (Phi) is 8.13. The minimum absolute atomic E-state index is 0.178. The number of aryl methyl sites for hydroxylation is 2. The van der Waals surface area contributed by atoms with E-state index in [-0.39, 0.29) is 18.1 Å². The third-order valence-electron chi connectivity index (χ3n) is 6.87. The number of aromatic nitrogens is 3. The van der Waals surface area contributed by atoms with Crippen molar-refractivity contribution in [3.63, 3.8) is 0 Å². The molecule has 3 heterocycles. The molecule has 1 aliphatic heterocycles. The lowest BCUT2D eigenvalue weighted by Crippen LogP contribution is -2.49. The normalized spacial score (nSPS) is 14.1. The second kappa shape index (κ2) is 12.0. The number of fused-ring (bicyclic) bond motifs is 1. The number of carbonyl (C=O) groups excluding carboxylic acids is 1. The van der Waals surface area contributed by atoms with Crippen LogP contribution in [-0.4, -0.2) is 58.7 Å². The Morgan fingerprint density at radius 1 is 0.842 bits per heavy atom. The smallest absolute Gasteiger partial charge is 0.238 e. The van der Waals surface area contributed by atoms with Crippen LogP contribution in [0.2, 0.25) is 0 Å². The molecule has 196 valence electrons. The van der Waals surface area contributed by atoms with Crippen LogP contribution in [0.3, 0.4) is 0 Å². The number of hydrogen-bond acceptors (Lipinski definition) is 6. The highest BCUT2D eigenvalue weighted by Gasteiger charge is 2.22. The van der Waals surface area contributed by atoms with Crippen LogP contribution in [0.1, 0.15) is 24.1 Å². The van der Waals surface area contributed by atoms with Crippen molar-refractivity contribution in [3.8, 4) is 0 Å². The summed E-state index contributed by atoms with van der Waals surface area (Å²) in [4.78, 5) is 20.8. The molecule has 4 aromatic rings. The number of carbonyl (C=O) groups is 1. The standard InChI is InChI=1S/C29H30F2N6O/c30-25-10-9-22(19-26(25)31)33-28(38)20-36-15-17-37(18-16-36)29-24-7-3-2-6-23(24)27(34-35-29)8-4-1-5-21-11-13-32-14-12-21/h2-3,6-7,9-14,19H,1,4-5,8,15-18,20H2,(H,33,38). The van der Waals surface area contributed by atoms with Gasteiger partial charge in [0.05, 0.1) is 12.2 Å². The number of amides is 1.